The molecule has 1 fully saturated rings. The first-order valence-electron chi connectivity index (χ1n) is 11.0. The summed E-state index contributed by atoms with van der Waals surface area (Å²) in [4.78, 5) is 18.6. The number of hydrogen-bond acceptors (Lipinski definition) is 6. The molecule has 1 aromatic heterocycles. The number of halogens is 3. The Morgan fingerprint density at radius 3 is 2.64 bits per heavy atom. The molecule has 1 aliphatic heterocycles. The van der Waals surface area contributed by atoms with Gasteiger partial charge in [0.05, 0.1) is 23.8 Å². The van der Waals surface area contributed by atoms with E-state index in [9.17, 15) is 18.0 Å². The SMILES string of the molecule is CCOC(=O)c1cc(N2CCC(C(F)(F)F)C2)c(C(=N)C(C)C)c(Nc2cccc(C)c2)n1. The van der Waals surface area contributed by atoms with Crippen LogP contribution in [0, 0.1) is 24.2 Å². The molecule has 0 radical (unpaired) electrons. The first-order chi connectivity index (χ1) is 15.5. The first kappa shape index (κ1) is 24.5. The van der Waals surface area contributed by atoms with Gasteiger partial charge in [-0.15, -0.1) is 0 Å². The number of benzene rings is 1. The molecule has 2 N–H and O–H groups in total. The maximum absolute atomic E-state index is 13.4. The van der Waals surface area contributed by atoms with E-state index >= 15 is 0 Å². The fraction of sp³-hybridized carbons (Fsp3) is 0.458. The van der Waals surface area contributed by atoms with Gasteiger partial charge in [-0.2, -0.15) is 13.2 Å². The fourth-order valence-corrected chi connectivity index (χ4v) is 3.84. The summed E-state index contributed by atoms with van der Waals surface area (Å²) in [6.45, 7) is 7.34. The van der Waals surface area contributed by atoms with Crippen LogP contribution in [-0.2, 0) is 4.74 Å². The van der Waals surface area contributed by atoms with Crippen LogP contribution >= 0.6 is 0 Å². The number of carbonyl (C=O) groups excluding carboxylic acids is 1. The molecule has 1 unspecified atom stereocenters. The smallest absolute Gasteiger partial charge is 0.393 e. The highest BCUT2D eigenvalue weighted by Crippen LogP contribution is 2.39. The van der Waals surface area contributed by atoms with E-state index in [0.717, 1.165) is 5.56 Å². The average Bonchev–Trinajstić information content (AvgIpc) is 3.23. The molecule has 2 aromatic rings. The van der Waals surface area contributed by atoms with Gasteiger partial charge in [0.25, 0.3) is 0 Å². The van der Waals surface area contributed by atoms with Crippen molar-refractivity contribution in [3.05, 3.63) is 47.2 Å². The molecule has 33 heavy (non-hydrogen) atoms. The number of aryl methyl sites for hydroxylation is 1. The van der Waals surface area contributed by atoms with Gasteiger partial charge in [-0.3, -0.25) is 0 Å². The van der Waals surface area contributed by atoms with Crippen LogP contribution in [-0.4, -0.2) is 42.5 Å². The van der Waals surface area contributed by atoms with Gasteiger partial charge in [0.1, 0.15) is 5.82 Å². The molecule has 0 bridgehead atoms. The fourth-order valence-electron chi connectivity index (χ4n) is 3.84. The van der Waals surface area contributed by atoms with Crippen molar-refractivity contribution in [3.8, 4) is 0 Å². The molecule has 9 heteroatoms. The molecule has 1 aromatic carbocycles. The Morgan fingerprint density at radius 2 is 2.06 bits per heavy atom. The van der Waals surface area contributed by atoms with Gasteiger partial charge >= 0.3 is 12.1 Å². The summed E-state index contributed by atoms with van der Waals surface area (Å²) in [6.07, 6.45) is -4.35. The number of pyridine rings is 1. The van der Waals surface area contributed by atoms with Gasteiger partial charge in [-0.05, 0) is 49.9 Å². The van der Waals surface area contributed by atoms with Crippen molar-refractivity contribution >= 4 is 28.9 Å². The summed E-state index contributed by atoms with van der Waals surface area (Å²) >= 11 is 0. The molecule has 0 spiro atoms. The van der Waals surface area contributed by atoms with Crippen molar-refractivity contribution in [3.63, 3.8) is 0 Å². The van der Waals surface area contributed by atoms with Gasteiger partial charge in [0.15, 0.2) is 5.69 Å². The molecule has 2 heterocycles. The molecular weight excluding hydrogens is 433 g/mol. The van der Waals surface area contributed by atoms with E-state index < -0.39 is 18.1 Å². The van der Waals surface area contributed by atoms with E-state index in [4.69, 9.17) is 10.1 Å². The van der Waals surface area contributed by atoms with Crippen molar-refractivity contribution in [2.75, 3.05) is 29.9 Å². The second kappa shape index (κ2) is 9.80. The van der Waals surface area contributed by atoms with Crippen LogP contribution in [0.5, 0.6) is 0 Å². The highest BCUT2D eigenvalue weighted by Gasteiger charge is 2.44. The number of nitrogens with one attached hydrogen (secondary N) is 2. The highest BCUT2D eigenvalue weighted by atomic mass is 19.4. The molecule has 1 aliphatic rings. The van der Waals surface area contributed by atoms with Crippen molar-refractivity contribution < 1.29 is 22.7 Å². The lowest BCUT2D eigenvalue weighted by molar-refractivity contribution is -0.168. The number of nitrogens with zero attached hydrogens (tertiary/aromatic N) is 2. The van der Waals surface area contributed by atoms with Gasteiger partial charge in [-0.1, -0.05) is 26.0 Å². The maximum atomic E-state index is 13.4. The predicted molar refractivity (Wildman–Crippen MR) is 123 cm³/mol. The Hall–Kier alpha value is -3.10. The van der Waals surface area contributed by atoms with E-state index in [1.165, 1.54) is 6.07 Å². The lowest BCUT2D eigenvalue weighted by Crippen LogP contribution is -2.29. The monoisotopic (exact) mass is 462 g/mol. The summed E-state index contributed by atoms with van der Waals surface area (Å²) in [5.74, 6) is -2.10. The van der Waals surface area contributed by atoms with Crippen LogP contribution in [0.3, 0.4) is 0 Å². The van der Waals surface area contributed by atoms with E-state index in [-0.39, 0.29) is 49.3 Å². The van der Waals surface area contributed by atoms with E-state index in [2.05, 4.69) is 10.3 Å². The molecule has 178 valence electrons. The predicted octanol–water partition coefficient (Wildman–Crippen LogP) is 5.72. The molecule has 0 amide bonds. The van der Waals surface area contributed by atoms with Gasteiger partial charge < -0.3 is 20.4 Å². The molecule has 0 aliphatic carbocycles. The number of rotatable bonds is 7. The van der Waals surface area contributed by atoms with Crippen LogP contribution in [0.4, 0.5) is 30.4 Å². The molecule has 1 atom stereocenters. The summed E-state index contributed by atoms with van der Waals surface area (Å²) in [5, 5.41) is 11.9. The summed E-state index contributed by atoms with van der Waals surface area (Å²) in [7, 11) is 0. The Kier molecular flexibility index (Phi) is 7.29. The third kappa shape index (κ3) is 5.64. The van der Waals surface area contributed by atoms with Gasteiger partial charge in [0, 0.05) is 24.5 Å². The number of anilines is 3. The summed E-state index contributed by atoms with van der Waals surface area (Å²) in [6, 6.07) is 8.94. The zero-order valence-electron chi connectivity index (χ0n) is 19.2. The van der Waals surface area contributed by atoms with Gasteiger partial charge in [-0.25, -0.2) is 9.78 Å². The van der Waals surface area contributed by atoms with Crippen LogP contribution in [0.15, 0.2) is 30.3 Å². The van der Waals surface area contributed by atoms with Crippen molar-refractivity contribution in [2.24, 2.45) is 11.8 Å². The minimum atomic E-state index is -4.31. The Balaban J connectivity index is 2.17. The number of aromatic nitrogens is 1. The molecule has 3 rings (SSSR count). The molecule has 6 nitrogen and oxygen atoms in total. The third-order valence-electron chi connectivity index (χ3n) is 5.60. The van der Waals surface area contributed by atoms with Crippen LogP contribution in [0.2, 0.25) is 0 Å². The van der Waals surface area contributed by atoms with E-state index in [1.807, 2.05) is 45.0 Å². The first-order valence-corrected chi connectivity index (χ1v) is 11.0. The number of carbonyl (C=O) groups is 1. The average molecular weight is 463 g/mol. The largest absolute Gasteiger partial charge is 0.461 e. The lowest BCUT2D eigenvalue weighted by atomic mass is 9.97. The summed E-state index contributed by atoms with van der Waals surface area (Å²) in [5.41, 5.74) is 2.67. The molecule has 0 saturated carbocycles. The van der Waals surface area contributed by atoms with Crippen molar-refractivity contribution in [2.45, 2.75) is 40.3 Å². The minimum Gasteiger partial charge on any atom is -0.461 e. The number of alkyl halides is 3. The van der Waals surface area contributed by atoms with Crippen molar-refractivity contribution in [1.29, 1.82) is 5.41 Å². The van der Waals surface area contributed by atoms with Crippen LogP contribution < -0.4 is 10.2 Å². The van der Waals surface area contributed by atoms with Crippen molar-refractivity contribution in [1.82, 2.24) is 4.98 Å². The topological polar surface area (TPSA) is 78.3 Å². The number of ether oxygens (including phenoxy) is 1. The quantitative estimate of drug-likeness (QED) is 0.406. The normalized spacial score (nSPS) is 16.2. The Labute approximate surface area is 191 Å². The Morgan fingerprint density at radius 1 is 1.33 bits per heavy atom. The second-order valence-corrected chi connectivity index (χ2v) is 8.51. The van der Waals surface area contributed by atoms with Crippen LogP contribution in [0.1, 0.15) is 48.8 Å². The Bertz CT molecular complexity index is 1040. The minimum absolute atomic E-state index is 0.0160. The number of esters is 1. The van der Waals surface area contributed by atoms with E-state index in [1.54, 1.807) is 11.8 Å². The van der Waals surface area contributed by atoms with Gasteiger partial charge in [0.2, 0.25) is 0 Å². The number of hydrogen-bond donors (Lipinski definition) is 2. The highest BCUT2D eigenvalue weighted by molar-refractivity contribution is 6.09. The lowest BCUT2D eigenvalue weighted by Gasteiger charge is -2.26. The maximum Gasteiger partial charge on any atom is 0.393 e. The third-order valence-corrected chi connectivity index (χ3v) is 5.60. The van der Waals surface area contributed by atoms with Crippen LogP contribution in [0.25, 0.3) is 0 Å². The zero-order chi connectivity index (χ0) is 24.3. The summed E-state index contributed by atoms with van der Waals surface area (Å²) < 4.78 is 45.3. The molecular formula is C24H29F3N4O2. The zero-order valence-corrected chi connectivity index (χ0v) is 19.2. The standard InChI is InChI=1S/C24H29F3N4O2/c1-5-33-23(32)18-12-19(31-10-9-16(13-31)24(25,26)27)20(21(28)14(2)3)22(30-18)29-17-8-6-7-15(4)11-17/h6-8,11-12,14,16,28H,5,9-10,13H2,1-4H3,(H,29,30). The van der Waals surface area contributed by atoms with E-state index in [0.29, 0.717) is 16.9 Å². The molecule has 1 saturated heterocycles. The second-order valence-electron chi connectivity index (χ2n) is 8.51.